The van der Waals surface area contributed by atoms with E-state index in [1.807, 2.05) is 54.3 Å². The fourth-order valence-electron chi connectivity index (χ4n) is 4.98. The van der Waals surface area contributed by atoms with Gasteiger partial charge in [0.2, 0.25) is 22.9 Å². The second-order valence-corrected chi connectivity index (χ2v) is 10.9. The highest BCUT2D eigenvalue weighted by Gasteiger charge is 2.38. The first kappa shape index (κ1) is 25.1. The van der Waals surface area contributed by atoms with E-state index in [2.05, 4.69) is 27.6 Å². The number of nitrogens with zero attached hydrogens (tertiary/aromatic N) is 4. The van der Waals surface area contributed by atoms with Crippen LogP contribution in [0.5, 0.6) is 0 Å². The minimum Gasteiger partial charge on any atom is -0.342 e. The minimum absolute atomic E-state index is 0.00833. The number of benzene rings is 2. The van der Waals surface area contributed by atoms with Crippen molar-refractivity contribution in [1.29, 1.82) is 0 Å². The second-order valence-electron chi connectivity index (χ2n) is 9.82. The number of carbonyl (C=O) groups is 3. The van der Waals surface area contributed by atoms with Crippen LogP contribution < -0.4 is 10.2 Å². The van der Waals surface area contributed by atoms with Gasteiger partial charge in [-0.3, -0.25) is 14.4 Å². The third-order valence-corrected chi connectivity index (χ3v) is 8.06. The quantitative estimate of drug-likeness (QED) is 0.514. The molecule has 0 bridgehead atoms. The average Bonchev–Trinajstić information content (AvgIpc) is 3.54. The summed E-state index contributed by atoms with van der Waals surface area (Å²) in [6.45, 7) is 3.45. The molecule has 2 fully saturated rings. The molecule has 2 aliphatic heterocycles. The molecule has 0 radical (unpaired) electrons. The highest BCUT2D eigenvalue weighted by Crippen LogP contribution is 2.29. The molecule has 1 N–H and O–H groups in total. The molecule has 3 heterocycles. The molecule has 1 atom stereocenters. The highest BCUT2D eigenvalue weighted by molar-refractivity contribution is 7.15. The lowest BCUT2D eigenvalue weighted by atomic mass is 9.94. The molecule has 2 aromatic carbocycles. The number of aryl methyl sites for hydroxylation is 3. The molecule has 9 heteroatoms. The largest absolute Gasteiger partial charge is 0.342 e. The maximum atomic E-state index is 13.1. The Kier molecular flexibility index (Phi) is 7.60. The van der Waals surface area contributed by atoms with Crippen LogP contribution in [0.4, 0.5) is 10.8 Å². The van der Waals surface area contributed by atoms with Gasteiger partial charge in [-0.15, -0.1) is 10.2 Å². The molecule has 3 amide bonds. The molecule has 3 aromatic rings. The van der Waals surface area contributed by atoms with Crippen LogP contribution in [0.1, 0.15) is 35.4 Å². The molecule has 8 nitrogen and oxygen atoms in total. The number of hydrogen-bond acceptors (Lipinski definition) is 6. The van der Waals surface area contributed by atoms with Crippen LogP contribution in [-0.2, 0) is 27.2 Å². The fourth-order valence-corrected chi connectivity index (χ4v) is 5.72. The van der Waals surface area contributed by atoms with Gasteiger partial charge >= 0.3 is 0 Å². The standard InChI is InChI=1S/C28H31N5O3S/c1-19-7-10-23(11-8-19)33-18-22(17-25(33)34)27(36)32-15-13-21(14-16-32)26(35)29-28-31-30-24(37-28)12-9-20-5-3-2-4-6-20/h2-8,10-11,21-22H,9,12-18H2,1H3,(H,29,31,35). The van der Waals surface area contributed by atoms with E-state index in [1.165, 1.54) is 16.9 Å². The highest BCUT2D eigenvalue weighted by atomic mass is 32.1. The van der Waals surface area contributed by atoms with Gasteiger partial charge in [-0.25, -0.2) is 0 Å². The number of hydrogen-bond donors (Lipinski definition) is 1. The molecule has 37 heavy (non-hydrogen) atoms. The van der Waals surface area contributed by atoms with Gasteiger partial charge in [0.25, 0.3) is 0 Å². The summed E-state index contributed by atoms with van der Waals surface area (Å²) in [6.07, 6.45) is 3.09. The van der Waals surface area contributed by atoms with Gasteiger partial charge in [0.15, 0.2) is 0 Å². The second kappa shape index (κ2) is 11.2. The third kappa shape index (κ3) is 6.05. The van der Waals surface area contributed by atoms with E-state index in [0.29, 0.717) is 37.6 Å². The summed E-state index contributed by atoms with van der Waals surface area (Å²) in [5.74, 6) is -0.588. The molecule has 0 saturated carbocycles. The van der Waals surface area contributed by atoms with Crippen LogP contribution in [0.15, 0.2) is 54.6 Å². The van der Waals surface area contributed by atoms with Crippen LogP contribution in [0, 0.1) is 18.8 Å². The lowest BCUT2D eigenvalue weighted by molar-refractivity contribution is -0.138. The fraction of sp³-hybridized carbons (Fsp3) is 0.393. The normalized spacial score (nSPS) is 18.3. The van der Waals surface area contributed by atoms with Crippen molar-refractivity contribution in [3.8, 4) is 0 Å². The smallest absolute Gasteiger partial charge is 0.229 e. The SMILES string of the molecule is Cc1ccc(N2CC(C(=O)N3CCC(C(=O)Nc4nnc(CCc5ccccc5)s4)CC3)CC2=O)cc1. The predicted octanol–water partition coefficient (Wildman–Crippen LogP) is 3.86. The van der Waals surface area contributed by atoms with Crippen molar-refractivity contribution in [2.45, 2.75) is 39.0 Å². The Morgan fingerprint density at radius 1 is 0.973 bits per heavy atom. The number of piperidine rings is 1. The molecule has 5 rings (SSSR count). The number of amides is 3. The first-order valence-corrected chi connectivity index (χ1v) is 13.6. The zero-order valence-corrected chi connectivity index (χ0v) is 21.7. The Labute approximate surface area is 220 Å². The topological polar surface area (TPSA) is 95.5 Å². The molecule has 192 valence electrons. The van der Waals surface area contributed by atoms with Crippen molar-refractivity contribution in [2.75, 3.05) is 29.9 Å². The van der Waals surface area contributed by atoms with Gasteiger partial charge < -0.3 is 15.1 Å². The first-order valence-electron chi connectivity index (χ1n) is 12.8. The van der Waals surface area contributed by atoms with E-state index >= 15 is 0 Å². The summed E-state index contributed by atoms with van der Waals surface area (Å²) in [7, 11) is 0. The van der Waals surface area contributed by atoms with Crippen molar-refractivity contribution < 1.29 is 14.4 Å². The van der Waals surface area contributed by atoms with Gasteiger partial charge in [-0.2, -0.15) is 0 Å². The summed E-state index contributed by atoms with van der Waals surface area (Å²) in [5.41, 5.74) is 3.21. The monoisotopic (exact) mass is 517 g/mol. The molecule has 1 aromatic heterocycles. The maximum absolute atomic E-state index is 13.1. The number of aromatic nitrogens is 2. The van der Waals surface area contributed by atoms with Crippen molar-refractivity contribution in [3.63, 3.8) is 0 Å². The van der Waals surface area contributed by atoms with Crippen LogP contribution in [0.3, 0.4) is 0 Å². The summed E-state index contributed by atoms with van der Waals surface area (Å²) >= 11 is 1.41. The molecule has 1 unspecified atom stereocenters. The van der Waals surface area contributed by atoms with Gasteiger partial charge in [0, 0.05) is 44.1 Å². The van der Waals surface area contributed by atoms with Crippen molar-refractivity contribution in [3.05, 3.63) is 70.7 Å². The zero-order chi connectivity index (χ0) is 25.8. The minimum atomic E-state index is -0.338. The average molecular weight is 518 g/mol. The Hall–Kier alpha value is -3.59. The number of likely N-dealkylation sites (tertiary alicyclic amines) is 1. The summed E-state index contributed by atoms with van der Waals surface area (Å²) in [4.78, 5) is 42.1. The van der Waals surface area contributed by atoms with Gasteiger partial charge in [0.1, 0.15) is 5.01 Å². The van der Waals surface area contributed by atoms with Crippen molar-refractivity contribution in [1.82, 2.24) is 15.1 Å². The molecule has 0 spiro atoms. The molecule has 2 saturated heterocycles. The van der Waals surface area contributed by atoms with Gasteiger partial charge in [0.05, 0.1) is 5.92 Å². The maximum Gasteiger partial charge on any atom is 0.229 e. The first-order chi connectivity index (χ1) is 18.0. The summed E-state index contributed by atoms with van der Waals surface area (Å²) in [6, 6.07) is 18.0. The van der Waals surface area contributed by atoms with Crippen LogP contribution in [-0.4, -0.2) is 52.5 Å². The number of anilines is 2. The van der Waals surface area contributed by atoms with E-state index in [4.69, 9.17) is 0 Å². The Morgan fingerprint density at radius 3 is 2.43 bits per heavy atom. The van der Waals surface area contributed by atoms with E-state index in [-0.39, 0.29) is 36.0 Å². The summed E-state index contributed by atoms with van der Waals surface area (Å²) < 4.78 is 0. The van der Waals surface area contributed by atoms with E-state index in [9.17, 15) is 14.4 Å². The van der Waals surface area contributed by atoms with Crippen LogP contribution in [0.2, 0.25) is 0 Å². The zero-order valence-electron chi connectivity index (χ0n) is 20.9. The number of rotatable bonds is 7. The third-order valence-electron chi connectivity index (χ3n) is 7.16. The van der Waals surface area contributed by atoms with Crippen LogP contribution >= 0.6 is 11.3 Å². The van der Waals surface area contributed by atoms with Crippen molar-refractivity contribution >= 4 is 39.9 Å². The number of nitrogens with one attached hydrogen (secondary N) is 1. The van der Waals surface area contributed by atoms with E-state index in [1.54, 1.807) is 4.90 Å². The molecule has 2 aliphatic rings. The Morgan fingerprint density at radius 2 is 1.70 bits per heavy atom. The lowest BCUT2D eigenvalue weighted by Crippen LogP contribution is -2.44. The van der Waals surface area contributed by atoms with Crippen LogP contribution in [0.25, 0.3) is 0 Å². The molecule has 0 aliphatic carbocycles. The van der Waals surface area contributed by atoms with Gasteiger partial charge in [-0.05, 0) is 43.9 Å². The van der Waals surface area contributed by atoms with E-state index < -0.39 is 0 Å². The van der Waals surface area contributed by atoms with Gasteiger partial charge in [-0.1, -0.05) is 59.4 Å². The van der Waals surface area contributed by atoms with Crippen molar-refractivity contribution in [2.24, 2.45) is 11.8 Å². The number of carbonyl (C=O) groups excluding carboxylic acids is 3. The summed E-state index contributed by atoms with van der Waals surface area (Å²) in [5, 5.41) is 12.7. The Bertz CT molecular complexity index is 1250. The predicted molar refractivity (Wildman–Crippen MR) is 143 cm³/mol. The Balaban J connectivity index is 1.08. The van der Waals surface area contributed by atoms with E-state index in [0.717, 1.165) is 29.1 Å². The molecular formula is C28H31N5O3S. The lowest BCUT2D eigenvalue weighted by Gasteiger charge is -2.32. The molecular weight excluding hydrogens is 486 g/mol.